The summed E-state index contributed by atoms with van der Waals surface area (Å²) in [5.74, 6) is -0.542. The molecule has 2 aromatic carbocycles. The van der Waals surface area contributed by atoms with Crippen molar-refractivity contribution < 1.29 is 24.2 Å². The van der Waals surface area contributed by atoms with Gasteiger partial charge in [0.25, 0.3) is 11.7 Å². The molecular weight excluding hydrogens is 414 g/mol. The third kappa shape index (κ3) is 3.00. The van der Waals surface area contributed by atoms with Crippen molar-refractivity contribution in [3.05, 3.63) is 81.1 Å². The molecule has 5 rings (SSSR count). The molecule has 7 heteroatoms. The third-order valence-corrected chi connectivity index (χ3v) is 6.69. The van der Waals surface area contributed by atoms with E-state index in [1.807, 2.05) is 49.6 Å². The SMILES string of the molecule is Cc1ccccc1N1C(=O)C(=O)/C(=C(\O)c2ccc3c(c2)OCO3)C1c1sccc1C. The van der Waals surface area contributed by atoms with Crippen LogP contribution in [0.25, 0.3) is 5.76 Å². The zero-order valence-corrected chi connectivity index (χ0v) is 17.7. The second kappa shape index (κ2) is 7.28. The standard InChI is InChI=1S/C24H19NO5S/c1-13-5-3-4-6-16(13)25-20(23-14(2)9-10-31-23)19(22(27)24(25)28)21(26)15-7-8-17-18(11-15)30-12-29-17/h3-11,20,26H,12H2,1-2H3/b21-19-. The Balaban J connectivity index is 1.73. The van der Waals surface area contributed by atoms with Crippen LogP contribution in [0.2, 0.25) is 0 Å². The van der Waals surface area contributed by atoms with Crippen LogP contribution in [0, 0.1) is 13.8 Å². The van der Waals surface area contributed by atoms with Gasteiger partial charge in [-0.1, -0.05) is 18.2 Å². The molecule has 31 heavy (non-hydrogen) atoms. The average Bonchev–Trinajstić information content (AvgIpc) is 3.46. The highest BCUT2D eigenvalue weighted by molar-refractivity contribution is 7.10. The minimum atomic E-state index is -0.716. The number of thiophene rings is 1. The number of ether oxygens (including phenoxy) is 2. The fourth-order valence-electron chi connectivity index (χ4n) is 4.03. The molecule has 156 valence electrons. The Morgan fingerprint density at radius 1 is 1.03 bits per heavy atom. The molecule has 1 saturated heterocycles. The predicted molar refractivity (Wildman–Crippen MR) is 118 cm³/mol. The number of amides is 1. The quantitative estimate of drug-likeness (QED) is 0.367. The van der Waals surface area contributed by atoms with Gasteiger partial charge in [0.15, 0.2) is 11.5 Å². The lowest BCUT2D eigenvalue weighted by Crippen LogP contribution is -2.30. The van der Waals surface area contributed by atoms with Crippen LogP contribution in [0.5, 0.6) is 11.5 Å². The van der Waals surface area contributed by atoms with Gasteiger partial charge in [-0.2, -0.15) is 0 Å². The van der Waals surface area contributed by atoms with E-state index in [1.54, 1.807) is 18.2 Å². The van der Waals surface area contributed by atoms with E-state index in [9.17, 15) is 14.7 Å². The molecule has 0 saturated carbocycles. The monoisotopic (exact) mass is 433 g/mol. The Labute approximate surface area is 183 Å². The Morgan fingerprint density at radius 3 is 2.55 bits per heavy atom. The van der Waals surface area contributed by atoms with Crippen LogP contribution in [0.15, 0.2) is 59.5 Å². The number of hydrogen-bond donors (Lipinski definition) is 1. The normalized spacial score (nSPS) is 19.3. The van der Waals surface area contributed by atoms with Gasteiger partial charge in [-0.05, 0) is 60.7 Å². The number of para-hydroxylation sites is 1. The van der Waals surface area contributed by atoms with Crippen molar-refractivity contribution in [3.8, 4) is 11.5 Å². The number of aryl methyl sites for hydroxylation is 2. The maximum Gasteiger partial charge on any atom is 0.300 e. The zero-order valence-electron chi connectivity index (χ0n) is 16.9. The van der Waals surface area contributed by atoms with E-state index in [1.165, 1.54) is 16.2 Å². The number of fused-ring (bicyclic) bond motifs is 1. The molecule has 1 N–H and O–H groups in total. The molecule has 2 aliphatic rings. The van der Waals surface area contributed by atoms with Gasteiger partial charge in [0.2, 0.25) is 6.79 Å². The van der Waals surface area contributed by atoms with Gasteiger partial charge in [-0.3, -0.25) is 14.5 Å². The van der Waals surface area contributed by atoms with Gasteiger partial charge < -0.3 is 14.6 Å². The molecule has 1 unspecified atom stereocenters. The summed E-state index contributed by atoms with van der Waals surface area (Å²) in [6.45, 7) is 3.93. The van der Waals surface area contributed by atoms with Gasteiger partial charge in [-0.25, -0.2) is 0 Å². The smallest absolute Gasteiger partial charge is 0.300 e. The number of hydrogen-bond acceptors (Lipinski definition) is 6. The first-order valence-corrected chi connectivity index (χ1v) is 10.7. The lowest BCUT2D eigenvalue weighted by Gasteiger charge is -2.26. The summed E-state index contributed by atoms with van der Waals surface area (Å²) in [7, 11) is 0. The minimum Gasteiger partial charge on any atom is -0.507 e. The molecule has 0 spiro atoms. The zero-order chi connectivity index (χ0) is 21.7. The summed E-state index contributed by atoms with van der Waals surface area (Å²) >= 11 is 1.46. The number of carbonyl (C=O) groups is 2. The van der Waals surface area contributed by atoms with Crippen LogP contribution in [-0.4, -0.2) is 23.6 Å². The van der Waals surface area contributed by atoms with Crippen LogP contribution < -0.4 is 14.4 Å². The van der Waals surface area contributed by atoms with E-state index in [2.05, 4.69) is 0 Å². The molecular formula is C24H19NO5S. The van der Waals surface area contributed by atoms with E-state index in [0.29, 0.717) is 22.7 Å². The van der Waals surface area contributed by atoms with Crippen molar-refractivity contribution in [3.63, 3.8) is 0 Å². The molecule has 2 aliphatic heterocycles. The number of Topliss-reactive ketones (excluding diaryl/α,β-unsaturated/α-hetero) is 1. The van der Waals surface area contributed by atoms with Gasteiger partial charge in [-0.15, -0.1) is 11.3 Å². The molecule has 1 atom stereocenters. The van der Waals surface area contributed by atoms with Crippen molar-refractivity contribution >= 4 is 34.5 Å². The Kier molecular flexibility index (Phi) is 4.55. The third-order valence-electron chi connectivity index (χ3n) is 5.62. The molecule has 6 nitrogen and oxygen atoms in total. The Bertz CT molecular complexity index is 1260. The summed E-state index contributed by atoms with van der Waals surface area (Å²) in [5, 5.41) is 13.1. The summed E-state index contributed by atoms with van der Waals surface area (Å²) in [6.07, 6.45) is 0. The van der Waals surface area contributed by atoms with E-state index >= 15 is 0 Å². The summed E-state index contributed by atoms with van der Waals surface area (Å²) in [5.41, 5.74) is 2.93. The number of anilines is 1. The Hall–Kier alpha value is -3.58. The number of benzene rings is 2. The first-order valence-electron chi connectivity index (χ1n) is 9.78. The number of ketones is 1. The van der Waals surface area contributed by atoms with Gasteiger partial charge in [0.1, 0.15) is 11.8 Å². The predicted octanol–water partition coefficient (Wildman–Crippen LogP) is 4.72. The number of rotatable bonds is 3. The number of nitrogens with zero attached hydrogens (tertiary/aromatic N) is 1. The van der Waals surface area contributed by atoms with Crippen molar-refractivity contribution in [1.29, 1.82) is 0 Å². The lowest BCUT2D eigenvalue weighted by atomic mass is 9.98. The first-order chi connectivity index (χ1) is 15.0. The van der Waals surface area contributed by atoms with Crippen LogP contribution in [0.3, 0.4) is 0 Å². The van der Waals surface area contributed by atoms with Crippen LogP contribution in [-0.2, 0) is 9.59 Å². The highest BCUT2D eigenvalue weighted by Gasteiger charge is 2.48. The highest BCUT2D eigenvalue weighted by atomic mass is 32.1. The van der Waals surface area contributed by atoms with Crippen molar-refractivity contribution in [1.82, 2.24) is 0 Å². The van der Waals surface area contributed by atoms with E-state index in [-0.39, 0.29) is 18.1 Å². The fourth-order valence-corrected chi connectivity index (χ4v) is 5.05. The lowest BCUT2D eigenvalue weighted by molar-refractivity contribution is -0.132. The topological polar surface area (TPSA) is 76.1 Å². The molecule has 0 radical (unpaired) electrons. The molecule has 3 heterocycles. The molecule has 3 aromatic rings. The van der Waals surface area contributed by atoms with Gasteiger partial charge in [0, 0.05) is 16.1 Å². The van der Waals surface area contributed by atoms with Crippen LogP contribution in [0.1, 0.15) is 27.6 Å². The van der Waals surface area contributed by atoms with Crippen molar-refractivity contribution in [2.75, 3.05) is 11.7 Å². The largest absolute Gasteiger partial charge is 0.507 e. The number of aliphatic hydroxyl groups is 1. The average molecular weight is 433 g/mol. The van der Waals surface area contributed by atoms with Crippen LogP contribution in [0.4, 0.5) is 5.69 Å². The fraction of sp³-hybridized carbons (Fsp3) is 0.167. The first kappa shape index (κ1) is 19.4. The number of carbonyl (C=O) groups excluding carboxylic acids is 2. The van der Waals surface area contributed by atoms with Crippen LogP contribution >= 0.6 is 11.3 Å². The highest BCUT2D eigenvalue weighted by Crippen LogP contribution is 2.46. The molecule has 1 amide bonds. The van der Waals surface area contributed by atoms with Crippen molar-refractivity contribution in [2.45, 2.75) is 19.9 Å². The maximum atomic E-state index is 13.2. The molecule has 1 fully saturated rings. The molecule has 1 aromatic heterocycles. The summed E-state index contributed by atoms with van der Waals surface area (Å²) in [4.78, 5) is 28.7. The molecule has 0 aliphatic carbocycles. The van der Waals surface area contributed by atoms with Gasteiger partial charge in [0.05, 0.1) is 5.57 Å². The van der Waals surface area contributed by atoms with Crippen molar-refractivity contribution in [2.24, 2.45) is 0 Å². The molecule has 0 bridgehead atoms. The summed E-state index contributed by atoms with van der Waals surface area (Å²) < 4.78 is 10.7. The maximum absolute atomic E-state index is 13.2. The Morgan fingerprint density at radius 2 is 1.81 bits per heavy atom. The van der Waals surface area contributed by atoms with E-state index in [0.717, 1.165) is 16.0 Å². The minimum absolute atomic E-state index is 0.0673. The van der Waals surface area contributed by atoms with E-state index < -0.39 is 17.7 Å². The summed E-state index contributed by atoms with van der Waals surface area (Å²) in [6, 6.07) is 13.6. The second-order valence-corrected chi connectivity index (χ2v) is 8.44. The number of aliphatic hydroxyl groups excluding tert-OH is 1. The van der Waals surface area contributed by atoms with E-state index in [4.69, 9.17) is 9.47 Å². The van der Waals surface area contributed by atoms with Gasteiger partial charge >= 0.3 is 0 Å². The second-order valence-electron chi connectivity index (χ2n) is 7.49.